The van der Waals surface area contributed by atoms with Gasteiger partial charge in [0.2, 0.25) is 5.91 Å². The van der Waals surface area contributed by atoms with Crippen LogP contribution in [0.25, 0.3) is 28.0 Å². The number of aromatic nitrogens is 3. The molecule has 0 saturated carbocycles. The fourth-order valence-electron chi connectivity index (χ4n) is 6.34. The molecule has 1 N–H and O–H groups in total. The van der Waals surface area contributed by atoms with Crippen molar-refractivity contribution < 1.29 is 19.1 Å². The number of hydrogen-bond acceptors (Lipinski definition) is 7. The Morgan fingerprint density at radius 1 is 1.16 bits per heavy atom. The average molecular weight is 631 g/mol. The largest absolute Gasteiger partial charge is 0.507 e. The van der Waals surface area contributed by atoms with Gasteiger partial charge in [-0.1, -0.05) is 45.0 Å². The van der Waals surface area contributed by atoms with Crippen molar-refractivity contribution in [3.8, 4) is 22.7 Å². The van der Waals surface area contributed by atoms with Gasteiger partial charge in [-0.2, -0.15) is 0 Å². The number of halogens is 2. The lowest BCUT2D eigenvalue weighted by Gasteiger charge is -2.49. The molecule has 2 atom stereocenters. The lowest BCUT2D eigenvalue weighted by molar-refractivity contribution is -0.130. The Morgan fingerprint density at radius 2 is 1.89 bits per heavy atom. The summed E-state index contributed by atoms with van der Waals surface area (Å²) >= 11 is 6.82. The number of nitrogens with zero attached hydrogens (tertiary/aromatic N) is 6. The zero-order valence-corrected chi connectivity index (χ0v) is 26.3. The Bertz CT molecular complexity index is 1970. The second kappa shape index (κ2) is 10.7. The van der Waals surface area contributed by atoms with Gasteiger partial charge in [-0.25, -0.2) is 9.37 Å². The van der Waals surface area contributed by atoms with Gasteiger partial charge in [0.15, 0.2) is 0 Å². The highest BCUT2D eigenvalue weighted by atomic mass is 35.5. The number of hydrogen-bond donors (Lipinski definition) is 1. The van der Waals surface area contributed by atoms with E-state index < -0.39 is 22.8 Å². The van der Waals surface area contributed by atoms with E-state index >= 15 is 4.39 Å². The molecule has 4 aromatic rings. The Labute approximate surface area is 264 Å². The van der Waals surface area contributed by atoms with Crippen LogP contribution in [0.5, 0.6) is 5.75 Å². The predicted molar refractivity (Wildman–Crippen MR) is 172 cm³/mol. The van der Waals surface area contributed by atoms with Crippen LogP contribution in [0, 0.1) is 5.82 Å². The molecule has 0 bridgehead atoms. The second-order valence-electron chi connectivity index (χ2n) is 12.4. The van der Waals surface area contributed by atoms with Crippen LogP contribution in [0.3, 0.4) is 0 Å². The number of phenolic OH excluding ortho intramolecular Hbond substituents is 1. The Balaban J connectivity index is 1.75. The molecule has 0 radical (unpaired) electrons. The van der Waals surface area contributed by atoms with Crippen LogP contribution in [0.2, 0.25) is 5.02 Å². The molecule has 45 heavy (non-hydrogen) atoms. The molecule has 6 rings (SSSR count). The van der Waals surface area contributed by atoms with Gasteiger partial charge in [0.25, 0.3) is 11.5 Å². The molecule has 1 aromatic carbocycles. The van der Waals surface area contributed by atoms with E-state index in [-0.39, 0.29) is 64.3 Å². The van der Waals surface area contributed by atoms with Crippen LogP contribution >= 0.6 is 11.6 Å². The molecule has 232 valence electrons. The Hall–Kier alpha value is -4.77. The number of pyridine rings is 3. The Morgan fingerprint density at radius 3 is 2.56 bits per heavy atom. The molecular formula is C33H32ClFN6O4. The standard InChI is InChI=1S/C33H32ClFN6O4/c1-7-24(43)39-16-22-31(44)38(6)28-27(40(22)15-17(39)2)18-14-19(34)26(25-20(35)10-8-12-23(25)42)37-30(18)41(32(28)45)21-11-9-13-36-29(21)33(3,4)5/h7-14,17,22,42H,1,15-16H2,2-6H3/t17-,22-/m1/s1. The highest BCUT2D eigenvalue weighted by Gasteiger charge is 2.46. The van der Waals surface area contributed by atoms with Crippen LogP contribution in [0.1, 0.15) is 33.4 Å². The summed E-state index contributed by atoms with van der Waals surface area (Å²) in [6.07, 6.45) is 2.85. The van der Waals surface area contributed by atoms with E-state index in [1.807, 2.05) is 32.6 Å². The summed E-state index contributed by atoms with van der Waals surface area (Å²) in [4.78, 5) is 55.4. The molecule has 0 spiro atoms. The number of carbonyl (C=O) groups excluding carboxylic acids is 2. The summed E-state index contributed by atoms with van der Waals surface area (Å²) in [5.74, 6) is -1.76. The number of amides is 2. The molecule has 12 heteroatoms. The number of aromatic hydroxyl groups is 1. The van der Waals surface area contributed by atoms with Crippen molar-refractivity contribution in [1.29, 1.82) is 0 Å². The lowest BCUT2D eigenvalue weighted by Crippen LogP contribution is -2.66. The molecule has 1 saturated heterocycles. The van der Waals surface area contributed by atoms with Crippen molar-refractivity contribution in [1.82, 2.24) is 19.4 Å². The predicted octanol–water partition coefficient (Wildman–Crippen LogP) is 4.81. The van der Waals surface area contributed by atoms with Gasteiger partial charge in [-0.3, -0.25) is 23.9 Å². The van der Waals surface area contributed by atoms with Crippen molar-refractivity contribution in [2.75, 3.05) is 29.9 Å². The van der Waals surface area contributed by atoms with Crippen molar-refractivity contribution in [2.45, 2.75) is 45.2 Å². The first kappa shape index (κ1) is 30.3. The molecule has 5 heterocycles. The molecule has 0 unspecified atom stereocenters. The van der Waals surface area contributed by atoms with Crippen molar-refractivity contribution in [3.63, 3.8) is 0 Å². The number of rotatable bonds is 3. The van der Waals surface area contributed by atoms with Gasteiger partial charge in [0.05, 0.1) is 39.9 Å². The maximum absolute atomic E-state index is 15.2. The van der Waals surface area contributed by atoms with E-state index in [0.717, 1.165) is 0 Å². The number of anilines is 2. The second-order valence-corrected chi connectivity index (χ2v) is 12.8. The number of carbonyl (C=O) groups is 2. The lowest BCUT2D eigenvalue weighted by atomic mass is 9.90. The number of fused-ring (bicyclic) bond motifs is 5. The fraction of sp³-hybridized carbons (Fsp3) is 0.303. The smallest absolute Gasteiger partial charge is 0.283 e. The van der Waals surface area contributed by atoms with Gasteiger partial charge in [0.1, 0.15) is 28.9 Å². The van der Waals surface area contributed by atoms with Crippen LogP contribution in [0.15, 0.2) is 60.0 Å². The van der Waals surface area contributed by atoms with E-state index in [9.17, 15) is 19.5 Å². The third kappa shape index (κ3) is 4.64. The van der Waals surface area contributed by atoms with Crippen molar-refractivity contribution in [2.24, 2.45) is 0 Å². The number of likely N-dealkylation sites (N-methyl/N-ethyl adjacent to an activating group) is 1. The van der Waals surface area contributed by atoms with Gasteiger partial charge >= 0.3 is 0 Å². The minimum absolute atomic E-state index is 0.0298. The number of phenols is 1. The third-order valence-electron chi connectivity index (χ3n) is 8.45. The maximum atomic E-state index is 15.2. The van der Waals surface area contributed by atoms with Gasteiger partial charge in [-0.05, 0) is 43.3 Å². The molecule has 2 amide bonds. The van der Waals surface area contributed by atoms with Crippen molar-refractivity contribution in [3.05, 3.63) is 82.1 Å². The quantitative estimate of drug-likeness (QED) is 0.323. The molecule has 2 aliphatic rings. The molecular weight excluding hydrogens is 599 g/mol. The topological polar surface area (TPSA) is 112 Å². The zero-order chi connectivity index (χ0) is 32.5. The molecule has 0 aliphatic carbocycles. The highest BCUT2D eigenvalue weighted by Crippen LogP contribution is 2.44. The summed E-state index contributed by atoms with van der Waals surface area (Å²) in [6, 6.07) is 7.79. The number of piperazine rings is 1. The summed E-state index contributed by atoms with van der Waals surface area (Å²) in [7, 11) is 1.53. The summed E-state index contributed by atoms with van der Waals surface area (Å²) in [6.45, 7) is 11.7. The first-order chi connectivity index (χ1) is 21.3. The normalized spacial score (nSPS) is 18.2. The van der Waals surface area contributed by atoms with Crippen molar-refractivity contribution >= 4 is 45.8 Å². The van der Waals surface area contributed by atoms with E-state index in [2.05, 4.69) is 11.6 Å². The van der Waals surface area contributed by atoms with Crippen LogP contribution < -0.4 is 15.4 Å². The summed E-state index contributed by atoms with van der Waals surface area (Å²) < 4.78 is 16.6. The first-order valence-corrected chi connectivity index (χ1v) is 14.8. The van der Waals surface area contributed by atoms with Crippen LogP contribution in [-0.2, 0) is 15.0 Å². The van der Waals surface area contributed by atoms with E-state index in [1.54, 1.807) is 29.3 Å². The van der Waals surface area contributed by atoms with Crippen LogP contribution in [0.4, 0.5) is 15.8 Å². The van der Waals surface area contributed by atoms with Gasteiger partial charge < -0.3 is 19.8 Å². The van der Waals surface area contributed by atoms with Gasteiger partial charge in [0, 0.05) is 36.6 Å². The highest BCUT2D eigenvalue weighted by molar-refractivity contribution is 6.34. The molecule has 10 nitrogen and oxygen atoms in total. The maximum Gasteiger partial charge on any atom is 0.283 e. The monoisotopic (exact) mass is 630 g/mol. The molecule has 3 aromatic heterocycles. The average Bonchev–Trinajstić information content (AvgIpc) is 2.99. The third-order valence-corrected chi connectivity index (χ3v) is 8.74. The SMILES string of the molecule is C=CC(=O)N1C[C@@H]2C(=O)N(C)c3c(c4cc(Cl)c(-c5c(O)cccc5F)nc4n(-c4cccnc4C(C)(C)C)c3=O)N2C[C@H]1C. The minimum atomic E-state index is -0.793. The first-order valence-electron chi connectivity index (χ1n) is 14.5. The van der Waals surface area contributed by atoms with E-state index in [0.29, 0.717) is 22.5 Å². The molecule has 2 aliphatic heterocycles. The van der Waals surface area contributed by atoms with E-state index in [1.165, 1.54) is 40.8 Å². The summed E-state index contributed by atoms with van der Waals surface area (Å²) in [5, 5.41) is 11.1. The zero-order valence-electron chi connectivity index (χ0n) is 25.5. The fourth-order valence-corrected chi connectivity index (χ4v) is 6.59. The minimum Gasteiger partial charge on any atom is -0.507 e. The van der Waals surface area contributed by atoms with Crippen LogP contribution in [-0.4, -0.2) is 68.6 Å². The van der Waals surface area contributed by atoms with Gasteiger partial charge in [-0.15, -0.1) is 0 Å². The van der Waals surface area contributed by atoms with E-state index in [4.69, 9.17) is 16.6 Å². The Kier molecular flexibility index (Phi) is 7.19. The number of benzene rings is 1. The molecule has 1 fully saturated rings. The summed E-state index contributed by atoms with van der Waals surface area (Å²) in [5.41, 5.74) is 0.386.